The molecule has 2 aromatic rings. The van der Waals surface area contributed by atoms with Crippen molar-refractivity contribution in [3.8, 4) is 0 Å². The molecule has 0 aromatic heterocycles. The van der Waals surface area contributed by atoms with Gasteiger partial charge in [-0.3, -0.25) is 0 Å². The van der Waals surface area contributed by atoms with E-state index >= 15 is 0 Å². The summed E-state index contributed by atoms with van der Waals surface area (Å²) in [5, 5.41) is 1.19. The molecule has 0 atom stereocenters. The van der Waals surface area contributed by atoms with Crippen LogP contribution >= 0.6 is 23.2 Å². The number of halogens is 2. The average Bonchev–Trinajstić information content (AvgIpc) is 2.58. The maximum atomic E-state index is 5.81. The van der Waals surface area contributed by atoms with Gasteiger partial charge in [-0.05, 0) is 48.5 Å². The third-order valence-electron chi connectivity index (χ3n) is 3.02. The molecule has 2 rings (SSSR count). The van der Waals surface area contributed by atoms with E-state index in [-0.39, 0.29) is 30.0 Å². The molecule has 2 aromatic carbocycles. The largest absolute Gasteiger partial charge is 0.387 e. The molecule has 0 aliphatic heterocycles. The first kappa shape index (κ1) is 20.2. The molecule has 10 heteroatoms. The van der Waals surface area contributed by atoms with Crippen LogP contribution in [0, 0.1) is 0 Å². The van der Waals surface area contributed by atoms with Gasteiger partial charge in [0.25, 0.3) is 0 Å². The Morgan fingerprint density at radius 1 is 0.630 bits per heavy atom. The first-order valence-corrected chi connectivity index (χ1v) is 8.43. The molecule has 0 aliphatic carbocycles. The minimum atomic E-state index is -0.0228. The third-order valence-corrected chi connectivity index (χ3v) is 3.52. The molecule has 0 bridgehead atoms. The Morgan fingerprint density at radius 2 is 0.963 bits per heavy atom. The van der Waals surface area contributed by atoms with Crippen LogP contribution < -0.4 is 22.9 Å². The first-order chi connectivity index (χ1) is 12.8. The summed E-state index contributed by atoms with van der Waals surface area (Å²) in [6.07, 6.45) is 0.0493. The van der Waals surface area contributed by atoms with E-state index in [0.29, 0.717) is 21.4 Å². The number of aliphatic imine (C=N–C) groups is 4. The number of guanidine groups is 2. The van der Waals surface area contributed by atoms with Crippen LogP contribution in [-0.2, 0) is 0 Å². The molecular formula is C17H18Cl2N8. The van der Waals surface area contributed by atoms with Crippen molar-refractivity contribution in [3.63, 3.8) is 0 Å². The van der Waals surface area contributed by atoms with Gasteiger partial charge in [-0.25, -0.2) is 20.0 Å². The second-order valence-electron chi connectivity index (χ2n) is 5.28. The summed E-state index contributed by atoms with van der Waals surface area (Å²) in [5.74, 6) is 0.215. The first-order valence-electron chi connectivity index (χ1n) is 7.67. The zero-order valence-electron chi connectivity index (χ0n) is 14.2. The summed E-state index contributed by atoms with van der Waals surface area (Å²) in [4.78, 5) is 16.1. The highest BCUT2D eigenvalue weighted by Crippen LogP contribution is 2.17. The minimum Gasteiger partial charge on any atom is -0.387 e. The fourth-order valence-corrected chi connectivity index (χ4v) is 2.16. The van der Waals surface area contributed by atoms with Crippen LogP contribution in [0.3, 0.4) is 0 Å². The maximum absolute atomic E-state index is 5.81. The summed E-state index contributed by atoms with van der Waals surface area (Å²) >= 11 is 11.6. The van der Waals surface area contributed by atoms with Crippen LogP contribution in [0.5, 0.6) is 0 Å². The lowest BCUT2D eigenvalue weighted by molar-refractivity contribution is 1.32. The molecule has 8 nitrogen and oxygen atoms in total. The Hall–Kier alpha value is -3.10. The molecule has 0 radical (unpaired) electrons. The summed E-state index contributed by atoms with van der Waals surface area (Å²) in [6, 6.07) is 13.6. The molecule has 0 saturated carbocycles. The third kappa shape index (κ3) is 7.35. The second-order valence-corrected chi connectivity index (χ2v) is 6.15. The predicted molar refractivity (Wildman–Crippen MR) is 113 cm³/mol. The van der Waals surface area contributed by atoms with Crippen LogP contribution in [0.4, 0.5) is 11.4 Å². The van der Waals surface area contributed by atoms with E-state index in [1.807, 2.05) is 0 Å². The Labute approximate surface area is 166 Å². The zero-order chi connectivity index (χ0) is 19.8. The van der Waals surface area contributed by atoms with Gasteiger partial charge in [-0.2, -0.15) is 0 Å². The zero-order valence-corrected chi connectivity index (χ0v) is 15.7. The van der Waals surface area contributed by atoms with Crippen LogP contribution in [-0.4, -0.2) is 23.6 Å². The average molecular weight is 405 g/mol. The van der Waals surface area contributed by atoms with E-state index < -0.39 is 0 Å². The topological polar surface area (TPSA) is 154 Å². The summed E-state index contributed by atoms with van der Waals surface area (Å²) in [6.45, 7) is 0. The van der Waals surface area contributed by atoms with Gasteiger partial charge >= 0.3 is 0 Å². The second kappa shape index (κ2) is 9.56. The van der Waals surface area contributed by atoms with E-state index in [1.165, 1.54) is 0 Å². The number of nitrogens with two attached hydrogens (primary N) is 4. The quantitative estimate of drug-likeness (QED) is 0.456. The summed E-state index contributed by atoms with van der Waals surface area (Å²) < 4.78 is 0. The predicted octanol–water partition coefficient (Wildman–Crippen LogP) is 2.69. The highest BCUT2D eigenvalue weighted by molar-refractivity contribution is 6.30. The van der Waals surface area contributed by atoms with Crippen LogP contribution in [0.25, 0.3) is 0 Å². The van der Waals surface area contributed by atoms with Crippen molar-refractivity contribution in [3.05, 3.63) is 58.6 Å². The molecule has 0 saturated heterocycles. The number of hydrogen-bond donors (Lipinski definition) is 4. The van der Waals surface area contributed by atoms with Crippen molar-refractivity contribution in [2.45, 2.75) is 6.42 Å². The van der Waals surface area contributed by atoms with Crippen LogP contribution in [0.15, 0.2) is 68.5 Å². The lowest BCUT2D eigenvalue weighted by atomic mass is 10.3. The van der Waals surface area contributed by atoms with Gasteiger partial charge in [0.05, 0.1) is 17.8 Å². The Balaban J connectivity index is 2.03. The van der Waals surface area contributed by atoms with Crippen molar-refractivity contribution in [2.24, 2.45) is 42.9 Å². The Morgan fingerprint density at radius 3 is 1.30 bits per heavy atom. The molecule has 27 heavy (non-hydrogen) atoms. The summed E-state index contributed by atoms with van der Waals surface area (Å²) in [7, 11) is 0. The van der Waals surface area contributed by atoms with Gasteiger partial charge in [-0.15, -0.1) is 0 Å². The molecule has 8 N–H and O–H groups in total. The lowest BCUT2D eigenvalue weighted by Gasteiger charge is -2.02. The number of amidine groups is 2. The van der Waals surface area contributed by atoms with Crippen molar-refractivity contribution in [1.29, 1.82) is 0 Å². The van der Waals surface area contributed by atoms with E-state index in [4.69, 9.17) is 46.1 Å². The molecule has 0 amide bonds. The van der Waals surface area contributed by atoms with Crippen molar-refractivity contribution >= 4 is 58.2 Å². The van der Waals surface area contributed by atoms with Crippen LogP contribution in [0.1, 0.15) is 6.42 Å². The fraction of sp³-hybridized carbons (Fsp3) is 0.0588. The smallest absolute Gasteiger partial charge is 0.222 e. The normalized spacial score (nSPS) is 13.7. The van der Waals surface area contributed by atoms with Crippen molar-refractivity contribution in [1.82, 2.24) is 0 Å². The van der Waals surface area contributed by atoms with Gasteiger partial charge in [-0.1, -0.05) is 23.2 Å². The van der Waals surface area contributed by atoms with E-state index in [1.54, 1.807) is 48.5 Å². The highest BCUT2D eigenvalue weighted by atomic mass is 35.5. The molecule has 0 heterocycles. The van der Waals surface area contributed by atoms with Gasteiger partial charge in [0.15, 0.2) is 0 Å². The minimum absolute atomic E-state index is 0.0228. The molecular weight excluding hydrogens is 387 g/mol. The van der Waals surface area contributed by atoms with Crippen molar-refractivity contribution < 1.29 is 0 Å². The number of hydrogen-bond acceptors (Lipinski definition) is 2. The van der Waals surface area contributed by atoms with Gasteiger partial charge in [0.1, 0.15) is 11.7 Å². The van der Waals surface area contributed by atoms with E-state index in [9.17, 15) is 0 Å². The Bertz CT molecular complexity index is 824. The van der Waals surface area contributed by atoms with Crippen LogP contribution in [0.2, 0.25) is 10.0 Å². The van der Waals surface area contributed by atoms with Gasteiger partial charge in [0, 0.05) is 10.0 Å². The lowest BCUT2D eigenvalue weighted by Crippen LogP contribution is -2.27. The molecule has 140 valence electrons. The Kier molecular flexibility index (Phi) is 7.16. The van der Waals surface area contributed by atoms with Gasteiger partial charge in [0.2, 0.25) is 11.9 Å². The SMILES string of the molecule is NC(CC(N)=NC(N)=Nc1ccc(Cl)cc1)=NC(N)=Nc1ccc(Cl)cc1. The molecule has 0 spiro atoms. The van der Waals surface area contributed by atoms with Gasteiger partial charge < -0.3 is 22.9 Å². The van der Waals surface area contributed by atoms with E-state index in [0.717, 1.165) is 0 Å². The highest BCUT2D eigenvalue weighted by Gasteiger charge is 2.01. The fourth-order valence-electron chi connectivity index (χ4n) is 1.90. The number of benzene rings is 2. The number of nitrogens with zero attached hydrogens (tertiary/aromatic N) is 4. The van der Waals surface area contributed by atoms with Crippen molar-refractivity contribution in [2.75, 3.05) is 0 Å². The maximum Gasteiger partial charge on any atom is 0.222 e. The van der Waals surface area contributed by atoms with E-state index in [2.05, 4.69) is 20.0 Å². The number of rotatable bonds is 4. The molecule has 0 fully saturated rings. The summed E-state index contributed by atoms with van der Waals surface area (Å²) in [5.41, 5.74) is 24.3. The molecule has 0 aliphatic rings. The molecule has 0 unspecified atom stereocenters. The standard InChI is InChI=1S/C17H18Cl2N8/c18-10-1-5-12(6-2-10)24-16(22)26-14(20)9-15(21)27-17(23)25-13-7-3-11(19)4-8-13/h1-8H,9H2,(H4,20,22,24,26)(H4,21,23,25,27). The monoisotopic (exact) mass is 404 g/mol.